The van der Waals surface area contributed by atoms with Crippen molar-refractivity contribution in [2.24, 2.45) is 0 Å². The van der Waals surface area contributed by atoms with Crippen molar-refractivity contribution in [3.63, 3.8) is 0 Å². The van der Waals surface area contributed by atoms with Gasteiger partial charge in [0.1, 0.15) is 44.7 Å². The molecule has 0 N–H and O–H groups in total. The molecule has 282 valence electrons. The molecule has 0 aliphatic carbocycles. The van der Waals surface area contributed by atoms with Crippen molar-refractivity contribution in [2.75, 3.05) is 0 Å². The van der Waals surface area contributed by atoms with E-state index in [9.17, 15) is 0 Å². The topological polar surface area (TPSA) is 52.6 Å². The Morgan fingerprint density at radius 1 is 0.267 bits per heavy atom. The second-order valence-corrected chi connectivity index (χ2v) is 16.4. The Morgan fingerprint density at radius 3 is 0.833 bits per heavy atom. The fourth-order valence-corrected chi connectivity index (χ4v) is 10.5. The zero-order chi connectivity index (χ0) is 39.4. The number of rotatable bonds is 5. The average molecular weight is 771 g/mol. The van der Waals surface area contributed by atoms with Gasteiger partial charge in [0, 0.05) is 43.8 Å². The standard InChI is InChI=1S/C56H34O4/c1-3-29-5-9-31(10-6-29)33-13-21-41-49-37(33)17-25-45-53(49)55-47(57-41)27-19-39-35(15-23-43(59-45)51(39)55)36-16-24-44-52-40(36)20-28-48-56(52)54-46(60-44)26-18-38-34(14-22-42(58-48)50(38)54)32-11-7-30(4-2)8-12-32/h5-28H,3-4H2,1-2H3. The molecule has 0 unspecified atom stereocenters. The molecule has 4 aliphatic rings. The van der Waals surface area contributed by atoms with Gasteiger partial charge >= 0.3 is 0 Å². The lowest BCUT2D eigenvalue weighted by atomic mass is 9.84. The average Bonchev–Trinajstić information content (AvgIpc) is 3.30. The first-order chi connectivity index (χ1) is 29.6. The lowest BCUT2D eigenvalue weighted by molar-refractivity contribution is 0.646. The Bertz CT molecular complexity index is 3680. The third-order valence-corrected chi connectivity index (χ3v) is 13.4. The molecular weight excluding hydrogens is 737 g/mol. The predicted octanol–water partition coefficient (Wildman–Crippen LogP) is 16.5. The van der Waals surface area contributed by atoms with E-state index in [1.54, 1.807) is 0 Å². The third-order valence-electron chi connectivity index (χ3n) is 13.4. The van der Waals surface area contributed by atoms with Crippen molar-refractivity contribution in [3.8, 4) is 55.6 Å². The van der Waals surface area contributed by atoms with E-state index >= 15 is 0 Å². The van der Waals surface area contributed by atoms with Crippen LogP contribution in [0.25, 0.3) is 143 Å². The second kappa shape index (κ2) is 11.6. The lowest BCUT2D eigenvalue weighted by Crippen LogP contribution is -1.97. The molecule has 0 saturated heterocycles. The molecule has 0 bridgehead atoms. The number of hydrogen-bond donors (Lipinski definition) is 0. The molecule has 14 rings (SSSR count). The highest BCUT2D eigenvalue weighted by atomic mass is 16.3. The van der Waals surface area contributed by atoms with Gasteiger partial charge in [-0.2, -0.15) is 0 Å². The maximum atomic E-state index is 6.82. The molecule has 4 aliphatic heterocycles. The van der Waals surface area contributed by atoms with Crippen LogP contribution < -0.4 is 0 Å². The molecular formula is C56H34O4. The van der Waals surface area contributed by atoms with Gasteiger partial charge in [0.05, 0.1) is 0 Å². The monoisotopic (exact) mass is 770 g/mol. The summed E-state index contributed by atoms with van der Waals surface area (Å²) in [7, 11) is 0. The highest BCUT2D eigenvalue weighted by molar-refractivity contribution is 6.29. The Balaban J connectivity index is 1.000. The second-order valence-electron chi connectivity index (χ2n) is 16.4. The first-order valence-corrected chi connectivity index (χ1v) is 20.9. The molecule has 0 spiro atoms. The van der Waals surface area contributed by atoms with Crippen LogP contribution in [0.5, 0.6) is 0 Å². The van der Waals surface area contributed by atoms with Gasteiger partial charge in [0.25, 0.3) is 0 Å². The molecule has 0 fully saturated rings. The molecule has 0 amide bonds. The van der Waals surface area contributed by atoms with Crippen LogP contribution in [-0.4, -0.2) is 0 Å². The molecule has 4 heterocycles. The highest BCUT2D eigenvalue weighted by Gasteiger charge is 2.29. The van der Waals surface area contributed by atoms with Gasteiger partial charge in [-0.25, -0.2) is 0 Å². The van der Waals surface area contributed by atoms with Crippen molar-refractivity contribution < 1.29 is 17.7 Å². The number of aryl methyl sites for hydroxylation is 2. The van der Waals surface area contributed by atoms with E-state index in [-0.39, 0.29) is 0 Å². The van der Waals surface area contributed by atoms with Gasteiger partial charge in [-0.1, -0.05) is 86.6 Å². The highest BCUT2D eigenvalue weighted by Crippen LogP contribution is 2.54. The molecule has 60 heavy (non-hydrogen) atoms. The zero-order valence-electron chi connectivity index (χ0n) is 32.9. The van der Waals surface area contributed by atoms with Crippen molar-refractivity contribution in [3.05, 3.63) is 157 Å². The summed E-state index contributed by atoms with van der Waals surface area (Å²) in [6, 6.07) is 52.4. The first-order valence-electron chi connectivity index (χ1n) is 20.9. The molecule has 4 nitrogen and oxygen atoms in total. The van der Waals surface area contributed by atoms with Gasteiger partial charge in [0.15, 0.2) is 0 Å². The van der Waals surface area contributed by atoms with E-state index in [4.69, 9.17) is 17.7 Å². The fraction of sp³-hybridized carbons (Fsp3) is 0.0714. The van der Waals surface area contributed by atoms with Crippen molar-refractivity contribution in [1.29, 1.82) is 0 Å². The van der Waals surface area contributed by atoms with Crippen LogP contribution in [0.15, 0.2) is 163 Å². The third kappa shape index (κ3) is 4.15. The minimum Gasteiger partial charge on any atom is -0.456 e. The van der Waals surface area contributed by atoms with Crippen LogP contribution in [-0.2, 0) is 12.8 Å². The van der Waals surface area contributed by atoms with E-state index in [1.165, 1.54) is 33.4 Å². The van der Waals surface area contributed by atoms with Gasteiger partial charge in [-0.15, -0.1) is 0 Å². The van der Waals surface area contributed by atoms with Gasteiger partial charge in [-0.3, -0.25) is 0 Å². The quantitative estimate of drug-likeness (QED) is 0.129. The number of benzene rings is 10. The fourth-order valence-electron chi connectivity index (χ4n) is 10.5. The zero-order valence-corrected chi connectivity index (χ0v) is 32.9. The normalized spacial score (nSPS) is 12.6. The summed E-state index contributed by atoms with van der Waals surface area (Å²) in [5.74, 6) is 0. The van der Waals surface area contributed by atoms with Crippen molar-refractivity contribution in [1.82, 2.24) is 0 Å². The van der Waals surface area contributed by atoms with Crippen LogP contribution in [0.1, 0.15) is 25.0 Å². The molecule has 0 saturated carbocycles. The molecule has 0 aromatic heterocycles. The van der Waals surface area contributed by atoms with E-state index < -0.39 is 0 Å². The minimum absolute atomic E-state index is 0.833. The minimum atomic E-state index is 0.833. The van der Waals surface area contributed by atoms with Crippen LogP contribution in [0.3, 0.4) is 0 Å². The summed E-state index contributed by atoms with van der Waals surface area (Å²) < 4.78 is 27.2. The van der Waals surface area contributed by atoms with E-state index in [0.29, 0.717) is 0 Å². The predicted molar refractivity (Wildman–Crippen MR) is 246 cm³/mol. The Kier molecular flexibility index (Phi) is 6.24. The van der Waals surface area contributed by atoms with Crippen molar-refractivity contribution >= 4 is 87.8 Å². The largest absolute Gasteiger partial charge is 0.456 e. The molecule has 0 atom stereocenters. The summed E-state index contributed by atoms with van der Waals surface area (Å²) in [6.07, 6.45) is 2.03. The van der Waals surface area contributed by atoms with Gasteiger partial charge < -0.3 is 17.7 Å². The number of hydrogen-bond acceptors (Lipinski definition) is 4. The lowest BCUT2D eigenvalue weighted by Gasteiger charge is -2.23. The van der Waals surface area contributed by atoms with Gasteiger partial charge in [0.2, 0.25) is 0 Å². The summed E-state index contributed by atoms with van der Waals surface area (Å²) in [6.45, 7) is 4.39. The summed E-state index contributed by atoms with van der Waals surface area (Å²) in [5, 5.41) is 8.84. The Labute approximate surface area is 343 Å². The van der Waals surface area contributed by atoms with Crippen LogP contribution in [0, 0.1) is 0 Å². The first kappa shape index (κ1) is 32.4. The molecule has 10 aromatic carbocycles. The van der Waals surface area contributed by atoms with E-state index in [1.807, 2.05) is 0 Å². The summed E-state index contributed by atoms with van der Waals surface area (Å²) in [4.78, 5) is 0. The molecule has 4 heteroatoms. The van der Waals surface area contributed by atoms with Crippen LogP contribution in [0.4, 0.5) is 0 Å². The van der Waals surface area contributed by atoms with Crippen LogP contribution in [0.2, 0.25) is 0 Å². The smallest absolute Gasteiger partial charge is 0.136 e. The van der Waals surface area contributed by atoms with Gasteiger partial charge in [-0.05, 0) is 152 Å². The van der Waals surface area contributed by atoms with Crippen molar-refractivity contribution in [2.45, 2.75) is 26.7 Å². The summed E-state index contributed by atoms with van der Waals surface area (Å²) in [5.41, 5.74) is 20.8. The Hall–Kier alpha value is -7.56. The SMILES string of the molecule is CCc1ccc(-c2ccc3oc4ccc5c(-c6ccc7oc8ccc9c(-c%10ccc(CC)cc%10)ccc%10oc%11ccc6c7c%11-c8c%109)ccc6oc7ccc2c3c7-c4c65)cc1. The van der Waals surface area contributed by atoms with E-state index in [0.717, 1.165) is 134 Å². The summed E-state index contributed by atoms with van der Waals surface area (Å²) >= 11 is 0. The maximum Gasteiger partial charge on any atom is 0.136 e. The maximum absolute atomic E-state index is 6.82. The van der Waals surface area contributed by atoms with Crippen LogP contribution >= 0.6 is 0 Å². The molecule has 0 radical (unpaired) electrons. The molecule has 10 aromatic rings. The van der Waals surface area contributed by atoms with E-state index in [2.05, 4.69) is 159 Å². The Morgan fingerprint density at radius 2 is 0.533 bits per heavy atom.